The van der Waals surface area contributed by atoms with E-state index in [4.69, 9.17) is 5.26 Å². The predicted molar refractivity (Wildman–Crippen MR) is 117 cm³/mol. The molecule has 1 heterocycles. The molecule has 0 saturated heterocycles. The van der Waals surface area contributed by atoms with Crippen LogP contribution in [0.3, 0.4) is 0 Å². The highest BCUT2D eigenvalue weighted by molar-refractivity contribution is 6.02. The Morgan fingerprint density at radius 2 is 1.66 bits per heavy atom. The van der Waals surface area contributed by atoms with Crippen molar-refractivity contribution in [3.63, 3.8) is 0 Å². The minimum Gasteiger partial charge on any atom is -0.333 e. The Bertz CT molecular complexity index is 1250. The van der Waals surface area contributed by atoms with Crippen molar-refractivity contribution in [3.05, 3.63) is 95.2 Å². The summed E-state index contributed by atoms with van der Waals surface area (Å²) in [5.74, 6) is 0. The number of benzene rings is 3. The number of nitrogens with one attached hydrogen (secondary N) is 1. The van der Waals surface area contributed by atoms with Crippen molar-refractivity contribution in [2.24, 2.45) is 0 Å². The summed E-state index contributed by atoms with van der Waals surface area (Å²) in [6.45, 7) is 1.97. The third kappa shape index (κ3) is 3.95. The highest BCUT2D eigenvalue weighted by Crippen LogP contribution is 2.36. The first-order chi connectivity index (χ1) is 15.3. The smallest absolute Gasteiger partial charge is 0.333 e. The number of nitrogens with zero attached hydrogens (tertiary/aromatic N) is 2. The van der Waals surface area contributed by atoms with Crippen LogP contribution >= 0.6 is 0 Å². The second-order valence-electron chi connectivity index (χ2n) is 7.34. The molecular formula is C25H18F3N3O. The quantitative estimate of drug-likeness (QED) is 0.534. The molecule has 4 rings (SSSR count). The molecule has 0 bridgehead atoms. The lowest BCUT2D eigenvalue weighted by Gasteiger charge is -2.32. The van der Waals surface area contributed by atoms with Gasteiger partial charge in [0.15, 0.2) is 0 Å². The fourth-order valence-corrected chi connectivity index (χ4v) is 3.80. The number of carbonyl (C=O) groups excluding carboxylic acids is 1. The average molecular weight is 433 g/mol. The van der Waals surface area contributed by atoms with E-state index >= 15 is 0 Å². The number of carbonyl (C=O) groups is 1. The number of allylic oxidation sites excluding steroid dienone is 1. The van der Waals surface area contributed by atoms with Gasteiger partial charge in [-0.05, 0) is 59.5 Å². The monoisotopic (exact) mass is 433 g/mol. The minimum absolute atomic E-state index is 0.142. The van der Waals surface area contributed by atoms with E-state index in [1.165, 1.54) is 17.0 Å². The van der Waals surface area contributed by atoms with Crippen LogP contribution < -0.4 is 10.2 Å². The molecule has 4 nitrogen and oxygen atoms in total. The first-order valence-electron chi connectivity index (χ1n) is 9.84. The molecule has 32 heavy (non-hydrogen) atoms. The molecule has 0 radical (unpaired) electrons. The van der Waals surface area contributed by atoms with Crippen LogP contribution in [0.15, 0.2) is 78.5 Å². The summed E-state index contributed by atoms with van der Waals surface area (Å²) in [6, 6.07) is 21.1. The van der Waals surface area contributed by atoms with Crippen molar-refractivity contribution in [2.45, 2.75) is 13.1 Å². The molecule has 2 amide bonds. The Morgan fingerprint density at radius 1 is 0.969 bits per heavy atom. The van der Waals surface area contributed by atoms with Crippen molar-refractivity contribution < 1.29 is 18.0 Å². The molecule has 7 heteroatoms. The number of nitriles is 1. The number of urea groups is 1. The lowest BCUT2D eigenvalue weighted by atomic mass is 9.92. The van der Waals surface area contributed by atoms with E-state index in [9.17, 15) is 18.0 Å². The molecule has 3 aromatic carbocycles. The topological polar surface area (TPSA) is 56.1 Å². The Morgan fingerprint density at radius 3 is 2.31 bits per heavy atom. The van der Waals surface area contributed by atoms with Crippen molar-refractivity contribution in [2.75, 3.05) is 11.4 Å². The number of alkyl halides is 3. The molecule has 1 aliphatic heterocycles. The molecule has 0 saturated carbocycles. The third-order valence-corrected chi connectivity index (χ3v) is 5.40. The number of rotatable bonds is 3. The lowest BCUT2D eigenvalue weighted by Crippen LogP contribution is -2.44. The van der Waals surface area contributed by atoms with Crippen LogP contribution in [0.2, 0.25) is 0 Å². The Kier molecular flexibility index (Phi) is 5.45. The van der Waals surface area contributed by atoms with Gasteiger partial charge in [-0.25, -0.2) is 4.79 Å². The molecule has 0 aliphatic carbocycles. The molecule has 0 unspecified atom stereocenters. The van der Waals surface area contributed by atoms with Crippen LogP contribution in [-0.4, -0.2) is 12.6 Å². The van der Waals surface area contributed by atoms with Gasteiger partial charge in [-0.3, -0.25) is 4.90 Å². The van der Waals surface area contributed by atoms with Crippen molar-refractivity contribution >= 4 is 17.3 Å². The summed E-state index contributed by atoms with van der Waals surface area (Å²) in [5.41, 5.74) is 3.85. The van der Waals surface area contributed by atoms with Gasteiger partial charge >= 0.3 is 12.2 Å². The zero-order chi connectivity index (χ0) is 22.9. The van der Waals surface area contributed by atoms with Crippen LogP contribution in [-0.2, 0) is 6.18 Å². The van der Waals surface area contributed by atoms with Gasteiger partial charge in [0.05, 0.1) is 22.9 Å². The first kappa shape index (κ1) is 21.2. The van der Waals surface area contributed by atoms with Gasteiger partial charge < -0.3 is 5.32 Å². The fourth-order valence-electron chi connectivity index (χ4n) is 3.80. The zero-order valence-corrected chi connectivity index (χ0v) is 17.1. The predicted octanol–water partition coefficient (Wildman–Crippen LogP) is 6.20. The number of hydrogen-bond acceptors (Lipinski definition) is 2. The summed E-state index contributed by atoms with van der Waals surface area (Å²) in [4.78, 5) is 13.9. The van der Waals surface area contributed by atoms with Crippen molar-refractivity contribution in [1.29, 1.82) is 5.26 Å². The largest absolute Gasteiger partial charge is 0.416 e. The van der Waals surface area contributed by atoms with E-state index in [0.29, 0.717) is 11.3 Å². The zero-order valence-electron chi connectivity index (χ0n) is 17.1. The highest BCUT2D eigenvalue weighted by Gasteiger charge is 2.33. The van der Waals surface area contributed by atoms with Crippen LogP contribution in [0.5, 0.6) is 0 Å². The number of amides is 2. The molecule has 0 fully saturated rings. The number of halogens is 3. The van der Waals surface area contributed by atoms with Gasteiger partial charge in [-0.15, -0.1) is 0 Å². The van der Waals surface area contributed by atoms with E-state index in [0.717, 1.165) is 34.4 Å². The van der Waals surface area contributed by atoms with Crippen LogP contribution in [0.25, 0.3) is 16.7 Å². The standard InChI is InChI=1S/C25H18F3N3O/c1-16-23(22-8-3-2-7-21(22)18-11-9-17(14-29)10-12-18)15-30-24(32)31(16)20-6-4-5-19(13-20)25(26,27)28/h2-13H,15H2,1H3,(H,30,32). The van der Waals surface area contributed by atoms with E-state index in [-0.39, 0.29) is 12.2 Å². The van der Waals surface area contributed by atoms with Crippen LogP contribution in [0.4, 0.5) is 23.7 Å². The maximum atomic E-state index is 13.2. The molecule has 0 spiro atoms. The summed E-state index contributed by atoms with van der Waals surface area (Å²) < 4.78 is 39.6. The molecule has 1 N–H and O–H groups in total. The fraction of sp³-hybridized carbons (Fsp3) is 0.120. The summed E-state index contributed by atoms with van der Waals surface area (Å²) >= 11 is 0. The van der Waals surface area contributed by atoms with E-state index in [1.54, 1.807) is 19.1 Å². The second-order valence-corrected chi connectivity index (χ2v) is 7.34. The SMILES string of the molecule is CC1=C(c2ccccc2-c2ccc(C#N)cc2)CNC(=O)N1c1cccc(C(F)(F)F)c1. The Balaban J connectivity index is 1.82. The van der Waals surface area contributed by atoms with Crippen molar-refractivity contribution in [1.82, 2.24) is 5.32 Å². The molecular weight excluding hydrogens is 415 g/mol. The summed E-state index contributed by atoms with van der Waals surface area (Å²) in [7, 11) is 0. The van der Waals surface area contributed by atoms with Gasteiger partial charge in [0.25, 0.3) is 0 Å². The van der Waals surface area contributed by atoms with Crippen LogP contribution in [0.1, 0.15) is 23.6 Å². The van der Waals surface area contributed by atoms with Gasteiger partial charge in [-0.2, -0.15) is 18.4 Å². The van der Waals surface area contributed by atoms with Gasteiger partial charge in [-0.1, -0.05) is 42.5 Å². The molecule has 3 aromatic rings. The summed E-state index contributed by atoms with van der Waals surface area (Å²) in [6.07, 6.45) is -4.51. The maximum absolute atomic E-state index is 13.2. The minimum atomic E-state index is -4.51. The van der Waals surface area contributed by atoms with Gasteiger partial charge in [0.1, 0.15) is 0 Å². The Labute approximate surface area is 183 Å². The van der Waals surface area contributed by atoms with Gasteiger partial charge in [0, 0.05) is 12.2 Å². The lowest BCUT2D eigenvalue weighted by molar-refractivity contribution is -0.137. The third-order valence-electron chi connectivity index (χ3n) is 5.40. The van der Waals surface area contributed by atoms with Gasteiger partial charge in [0.2, 0.25) is 0 Å². The Hall–Kier alpha value is -4.05. The molecule has 160 valence electrons. The van der Waals surface area contributed by atoms with Crippen LogP contribution in [0, 0.1) is 11.3 Å². The molecule has 1 aliphatic rings. The number of hydrogen-bond donors (Lipinski definition) is 1. The average Bonchev–Trinajstić information content (AvgIpc) is 2.79. The molecule has 0 atom stereocenters. The highest BCUT2D eigenvalue weighted by atomic mass is 19.4. The second kappa shape index (κ2) is 8.23. The normalized spacial score (nSPS) is 14.2. The van der Waals surface area contributed by atoms with E-state index in [2.05, 4.69) is 11.4 Å². The summed E-state index contributed by atoms with van der Waals surface area (Å²) in [5, 5.41) is 11.8. The van der Waals surface area contributed by atoms with E-state index < -0.39 is 17.8 Å². The molecule has 0 aromatic heterocycles. The first-order valence-corrected chi connectivity index (χ1v) is 9.84. The number of anilines is 1. The van der Waals surface area contributed by atoms with Crippen molar-refractivity contribution in [3.8, 4) is 17.2 Å². The maximum Gasteiger partial charge on any atom is 0.416 e. The van der Waals surface area contributed by atoms with E-state index in [1.807, 2.05) is 36.4 Å².